The number of fused-ring (bicyclic) bond motifs is 1. The maximum Gasteiger partial charge on any atom is 0.135 e. The van der Waals surface area contributed by atoms with Crippen molar-refractivity contribution in [3.05, 3.63) is 17.6 Å². The molecule has 2 atom stereocenters. The summed E-state index contributed by atoms with van der Waals surface area (Å²) >= 11 is 0. The smallest absolute Gasteiger partial charge is 0.135 e. The minimum atomic E-state index is -0.113. The van der Waals surface area contributed by atoms with Gasteiger partial charge in [0.15, 0.2) is 0 Å². The van der Waals surface area contributed by atoms with Crippen molar-refractivity contribution in [3.8, 4) is 0 Å². The zero-order valence-corrected chi connectivity index (χ0v) is 11.4. The summed E-state index contributed by atoms with van der Waals surface area (Å²) in [5.74, 6) is 1.05. The first-order chi connectivity index (χ1) is 9.28. The fourth-order valence-electron chi connectivity index (χ4n) is 3.10. The van der Waals surface area contributed by atoms with Crippen LogP contribution in [0.3, 0.4) is 0 Å². The van der Waals surface area contributed by atoms with Crippen LogP contribution in [0.15, 0.2) is 6.33 Å². The van der Waals surface area contributed by atoms with Crippen molar-refractivity contribution in [2.75, 3.05) is 24.6 Å². The van der Waals surface area contributed by atoms with Gasteiger partial charge in [-0.1, -0.05) is 0 Å². The van der Waals surface area contributed by atoms with Gasteiger partial charge in [0, 0.05) is 24.3 Å². The molecule has 0 aromatic carbocycles. The third kappa shape index (κ3) is 2.58. The number of aliphatic hydroxyl groups excluding tert-OH is 1. The average molecular weight is 263 g/mol. The molecule has 2 aliphatic rings. The summed E-state index contributed by atoms with van der Waals surface area (Å²) < 4.78 is 5.70. The van der Waals surface area contributed by atoms with Gasteiger partial charge in [-0.2, -0.15) is 0 Å². The summed E-state index contributed by atoms with van der Waals surface area (Å²) in [7, 11) is 0. The van der Waals surface area contributed by atoms with Gasteiger partial charge in [0.05, 0.1) is 18.8 Å². The van der Waals surface area contributed by atoms with Gasteiger partial charge in [-0.3, -0.25) is 0 Å². The first kappa shape index (κ1) is 12.8. The second-order valence-electron chi connectivity index (χ2n) is 5.49. The number of hydrogen-bond donors (Lipinski definition) is 1. The normalized spacial score (nSPS) is 27.2. The van der Waals surface area contributed by atoms with Crippen molar-refractivity contribution in [3.63, 3.8) is 0 Å². The number of ether oxygens (including phenoxy) is 1. The lowest BCUT2D eigenvalue weighted by molar-refractivity contribution is -0.0423. The lowest BCUT2D eigenvalue weighted by Gasteiger charge is -2.38. The summed E-state index contributed by atoms with van der Waals surface area (Å²) in [5.41, 5.74) is 2.51. The molecule has 1 N–H and O–H groups in total. The lowest BCUT2D eigenvalue weighted by atomic mass is 9.96. The number of hydrogen-bond acceptors (Lipinski definition) is 5. The lowest BCUT2D eigenvalue weighted by Crippen LogP contribution is -2.48. The molecule has 3 rings (SSSR count). The molecule has 104 valence electrons. The highest BCUT2D eigenvalue weighted by atomic mass is 16.5. The zero-order valence-electron chi connectivity index (χ0n) is 11.4. The molecular formula is C14H21N3O2. The van der Waals surface area contributed by atoms with Crippen molar-refractivity contribution < 1.29 is 9.84 Å². The van der Waals surface area contributed by atoms with E-state index in [1.165, 1.54) is 24.1 Å². The minimum absolute atomic E-state index is 0.0636. The summed E-state index contributed by atoms with van der Waals surface area (Å²) in [6, 6.07) is 0. The van der Waals surface area contributed by atoms with E-state index in [-0.39, 0.29) is 18.8 Å². The van der Waals surface area contributed by atoms with Crippen LogP contribution < -0.4 is 4.90 Å². The molecule has 0 spiro atoms. The average Bonchev–Trinajstić information content (AvgIpc) is 2.46. The minimum Gasteiger partial charge on any atom is -0.394 e. The Hall–Kier alpha value is -1.20. The predicted octanol–water partition coefficient (Wildman–Crippen LogP) is 0.941. The van der Waals surface area contributed by atoms with Crippen LogP contribution in [-0.4, -0.2) is 47.0 Å². The molecule has 1 aromatic heterocycles. The summed E-state index contributed by atoms with van der Waals surface area (Å²) in [4.78, 5) is 11.2. The van der Waals surface area contributed by atoms with Crippen LogP contribution in [0.2, 0.25) is 0 Å². The third-order valence-electron chi connectivity index (χ3n) is 3.93. The third-order valence-corrected chi connectivity index (χ3v) is 3.93. The largest absolute Gasteiger partial charge is 0.394 e. The molecule has 1 aromatic rings. The number of morpholine rings is 1. The Morgan fingerprint density at radius 3 is 3.00 bits per heavy atom. The van der Waals surface area contributed by atoms with Crippen LogP contribution in [0.4, 0.5) is 5.82 Å². The second-order valence-corrected chi connectivity index (χ2v) is 5.49. The van der Waals surface area contributed by atoms with Crippen LogP contribution >= 0.6 is 0 Å². The molecule has 0 saturated carbocycles. The molecule has 1 aliphatic carbocycles. The summed E-state index contributed by atoms with van der Waals surface area (Å²) in [6.45, 7) is 3.65. The van der Waals surface area contributed by atoms with Crippen molar-refractivity contribution in [2.45, 2.75) is 44.8 Å². The Balaban J connectivity index is 1.89. The molecule has 0 bridgehead atoms. The first-order valence-electron chi connectivity index (χ1n) is 7.12. The molecular weight excluding hydrogens is 242 g/mol. The van der Waals surface area contributed by atoms with E-state index in [2.05, 4.69) is 14.9 Å². The van der Waals surface area contributed by atoms with E-state index in [9.17, 15) is 5.11 Å². The maximum absolute atomic E-state index is 9.33. The van der Waals surface area contributed by atoms with E-state index in [1.807, 2.05) is 6.92 Å². The number of rotatable bonds is 2. The fourth-order valence-corrected chi connectivity index (χ4v) is 3.10. The molecule has 19 heavy (non-hydrogen) atoms. The Labute approximate surface area is 113 Å². The Morgan fingerprint density at radius 2 is 2.16 bits per heavy atom. The van der Waals surface area contributed by atoms with E-state index >= 15 is 0 Å². The molecule has 0 amide bonds. The molecule has 5 heteroatoms. The highest BCUT2D eigenvalue weighted by Crippen LogP contribution is 2.28. The van der Waals surface area contributed by atoms with Gasteiger partial charge in [0.2, 0.25) is 0 Å². The molecule has 1 aliphatic heterocycles. The summed E-state index contributed by atoms with van der Waals surface area (Å²) in [6.07, 6.45) is 6.26. The van der Waals surface area contributed by atoms with E-state index in [1.54, 1.807) is 6.33 Å². The van der Waals surface area contributed by atoms with Gasteiger partial charge in [0.25, 0.3) is 0 Å². The quantitative estimate of drug-likeness (QED) is 0.860. The van der Waals surface area contributed by atoms with Crippen LogP contribution in [-0.2, 0) is 17.6 Å². The van der Waals surface area contributed by atoms with E-state index < -0.39 is 0 Å². The Morgan fingerprint density at radius 1 is 1.32 bits per heavy atom. The summed E-state index contributed by atoms with van der Waals surface area (Å²) in [5, 5.41) is 9.33. The number of anilines is 1. The number of aliphatic hydroxyl groups is 1. The van der Waals surface area contributed by atoms with Crippen LogP contribution in [0.1, 0.15) is 31.0 Å². The van der Waals surface area contributed by atoms with Crippen LogP contribution in [0.5, 0.6) is 0 Å². The highest BCUT2D eigenvalue weighted by molar-refractivity contribution is 5.50. The van der Waals surface area contributed by atoms with E-state index in [4.69, 9.17) is 4.74 Å². The monoisotopic (exact) mass is 263 g/mol. The topological polar surface area (TPSA) is 58.5 Å². The standard InChI is InChI=1S/C14H21N3O2/c1-10-6-17(7-11(8-18)19-10)14-12-4-2-3-5-13(12)15-9-16-14/h9-11,18H,2-8H2,1H3. The fraction of sp³-hybridized carbons (Fsp3) is 0.714. The maximum atomic E-state index is 9.33. The molecule has 1 fully saturated rings. The zero-order chi connectivity index (χ0) is 13.2. The van der Waals surface area contributed by atoms with Gasteiger partial charge in [0.1, 0.15) is 12.1 Å². The number of aromatic nitrogens is 2. The second kappa shape index (κ2) is 5.43. The van der Waals surface area contributed by atoms with E-state index in [0.717, 1.165) is 25.2 Å². The van der Waals surface area contributed by atoms with Crippen LogP contribution in [0, 0.1) is 0 Å². The van der Waals surface area contributed by atoms with Gasteiger partial charge in [-0.15, -0.1) is 0 Å². The first-order valence-corrected chi connectivity index (χ1v) is 7.12. The Kier molecular flexibility index (Phi) is 3.66. The SMILES string of the molecule is CC1CN(c2ncnc3c2CCCC3)CC(CO)O1. The van der Waals surface area contributed by atoms with Crippen molar-refractivity contribution >= 4 is 5.82 Å². The predicted molar refractivity (Wildman–Crippen MR) is 72.3 cm³/mol. The van der Waals surface area contributed by atoms with Crippen molar-refractivity contribution in [1.29, 1.82) is 0 Å². The van der Waals surface area contributed by atoms with Gasteiger partial charge in [-0.25, -0.2) is 9.97 Å². The van der Waals surface area contributed by atoms with Crippen molar-refractivity contribution in [2.24, 2.45) is 0 Å². The number of aryl methyl sites for hydroxylation is 1. The Bertz CT molecular complexity index is 452. The van der Waals surface area contributed by atoms with E-state index in [0.29, 0.717) is 6.54 Å². The molecule has 2 unspecified atom stereocenters. The highest BCUT2D eigenvalue weighted by Gasteiger charge is 2.28. The molecule has 5 nitrogen and oxygen atoms in total. The van der Waals surface area contributed by atoms with Crippen LogP contribution in [0.25, 0.3) is 0 Å². The van der Waals surface area contributed by atoms with Gasteiger partial charge in [-0.05, 0) is 32.6 Å². The van der Waals surface area contributed by atoms with Crippen molar-refractivity contribution in [1.82, 2.24) is 9.97 Å². The van der Waals surface area contributed by atoms with Gasteiger partial charge >= 0.3 is 0 Å². The number of nitrogens with zero attached hydrogens (tertiary/aromatic N) is 3. The molecule has 2 heterocycles. The van der Waals surface area contributed by atoms with Gasteiger partial charge < -0.3 is 14.7 Å². The molecule has 1 saturated heterocycles. The molecule has 0 radical (unpaired) electrons.